The van der Waals surface area contributed by atoms with Crippen molar-refractivity contribution in [1.82, 2.24) is 0 Å². The summed E-state index contributed by atoms with van der Waals surface area (Å²) >= 11 is 0. The van der Waals surface area contributed by atoms with Gasteiger partial charge in [-0.15, -0.1) is 0 Å². The molecule has 0 atom stereocenters. The van der Waals surface area contributed by atoms with Crippen molar-refractivity contribution in [3.8, 4) is 11.5 Å². The van der Waals surface area contributed by atoms with Crippen LogP contribution in [0.3, 0.4) is 0 Å². The second-order valence-electron chi connectivity index (χ2n) is 3.74. The van der Waals surface area contributed by atoms with Crippen molar-refractivity contribution in [2.24, 2.45) is 0 Å². The molecule has 0 radical (unpaired) electrons. The lowest BCUT2D eigenvalue weighted by Gasteiger charge is -2.06. The van der Waals surface area contributed by atoms with E-state index >= 15 is 0 Å². The summed E-state index contributed by atoms with van der Waals surface area (Å²) in [4.78, 5) is 22.6. The number of phenols is 1. The van der Waals surface area contributed by atoms with E-state index in [0.29, 0.717) is 0 Å². The molecule has 5 nitrogen and oxygen atoms in total. The Morgan fingerprint density at radius 2 is 1.63 bits per heavy atom. The van der Waals surface area contributed by atoms with Gasteiger partial charge in [0, 0.05) is 0 Å². The maximum atomic E-state index is 11.8. The van der Waals surface area contributed by atoms with Crippen molar-refractivity contribution in [2.75, 3.05) is 0 Å². The number of rotatable bonds is 3. The molecule has 0 saturated heterocycles. The molecular formula is C14H10O5. The first-order chi connectivity index (χ1) is 9.08. The highest BCUT2D eigenvalue weighted by Gasteiger charge is 2.13. The fourth-order valence-electron chi connectivity index (χ4n) is 1.48. The number of carbonyl (C=O) groups is 2. The lowest BCUT2D eigenvalue weighted by molar-refractivity contribution is 0.0697. The summed E-state index contributed by atoms with van der Waals surface area (Å²) < 4.78 is 4.98. The van der Waals surface area contributed by atoms with Crippen molar-refractivity contribution >= 4 is 11.9 Å². The highest BCUT2D eigenvalue weighted by atomic mass is 16.5. The standard InChI is InChI=1S/C14H10O5/c15-11-6-1-2-7-12(11)19-14(18)10-5-3-4-9(8-10)13(16)17/h1-8,15H,(H,16,17). The number of aromatic hydroxyl groups is 1. The summed E-state index contributed by atoms with van der Waals surface area (Å²) in [6.45, 7) is 0. The molecule has 2 rings (SSSR count). The van der Waals surface area contributed by atoms with Crippen LogP contribution in [0.4, 0.5) is 0 Å². The third-order valence-electron chi connectivity index (χ3n) is 2.41. The first kappa shape index (κ1) is 12.6. The zero-order valence-electron chi connectivity index (χ0n) is 9.74. The number of hydrogen-bond donors (Lipinski definition) is 2. The quantitative estimate of drug-likeness (QED) is 0.652. The van der Waals surface area contributed by atoms with E-state index in [2.05, 4.69) is 0 Å². The molecule has 0 bridgehead atoms. The molecule has 0 heterocycles. The Kier molecular flexibility index (Phi) is 3.47. The molecule has 0 aliphatic carbocycles. The highest BCUT2D eigenvalue weighted by Crippen LogP contribution is 2.25. The Balaban J connectivity index is 2.23. The Bertz CT molecular complexity index is 633. The van der Waals surface area contributed by atoms with Crippen molar-refractivity contribution in [3.63, 3.8) is 0 Å². The largest absolute Gasteiger partial charge is 0.504 e. The summed E-state index contributed by atoms with van der Waals surface area (Å²) in [5.41, 5.74) is 0.0925. The fraction of sp³-hybridized carbons (Fsp3) is 0. The normalized spacial score (nSPS) is 9.89. The summed E-state index contributed by atoms with van der Waals surface area (Å²) in [6, 6.07) is 11.5. The van der Waals surface area contributed by atoms with Gasteiger partial charge in [0.25, 0.3) is 0 Å². The van der Waals surface area contributed by atoms with Crippen molar-refractivity contribution in [2.45, 2.75) is 0 Å². The van der Waals surface area contributed by atoms with Gasteiger partial charge in [0.15, 0.2) is 11.5 Å². The van der Waals surface area contributed by atoms with Crippen LogP contribution in [-0.2, 0) is 0 Å². The summed E-state index contributed by atoms with van der Waals surface area (Å²) in [5, 5.41) is 18.3. The van der Waals surface area contributed by atoms with Gasteiger partial charge in [-0.05, 0) is 30.3 Å². The zero-order chi connectivity index (χ0) is 13.8. The zero-order valence-corrected chi connectivity index (χ0v) is 9.74. The van der Waals surface area contributed by atoms with E-state index in [9.17, 15) is 14.7 Å². The van der Waals surface area contributed by atoms with Crippen LogP contribution in [0.5, 0.6) is 11.5 Å². The number of benzene rings is 2. The molecular weight excluding hydrogens is 248 g/mol. The lowest BCUT2D eigenvalue weighted by atomic mass is 10.1. The molecule has 2 aromatic rings. The molecule has 2 N–H and O–H groups in total. The third-order valence-corrected chi connectivity index (χ3v) is 2.41. The van der Waals surface area contributed by atoms with Crippen molar-refractivity contribution in [3.05, 3.63) is 59.7 Å². The maximum absolute atomic E-state index is 11.8. The van der Waals surface area contributed by atoms with Gasteiger partial charge in [0.1, 0.15) is 0 Å². The van der Waals surface area contributed by atoms with Gasteiger partial charge >= 0.3 is 11.9 Å². The van der Waals surface area contributed by atoms with Crippen LogP contribution in [0, 0.1) is 0 Å². The Morgan fingerprint density at radius 1 is 0.947 bits per heavy atom. The minimum absolute atomic E-state index is 0.00765. The van der Waals surface area contributed by atoms with E-state index in [0.717, 1.165) is 0 Å². The van der Waals surface area contributed by atoms with Gasteiger partial charge in [-0.1, -0.05) is 18.2 Å². The fourth-order valence-corrected chi connectivity index (χ4v) is 1.48. The maximum Gasteiger partial charge on any atom is 0.343 e. The molecule has 5 heteroatoms. The molecule has 0 fully saturated rings. The van der Waals surface area contributed by atoms with E-state index in [-0.39, 0.29) is 22.6 Å². The number of hydrogen-bond acceptors (Lipinski definition) is 4. The first-order valence-electron chi connectivity index (χ1n) is 5.41. The van der Waals surface area contributed by atoms with Gasteiger partial charge in [-0.2, -0.15) is 0 Å². The predicted octanol–water partition coefficient (Wildman–Crippen LogP) is 2.31. The summed E-state index contributed by atoms with van der Waals surface area (Å²) in [7, 11) is 0. The van der Waals surface area contributed by atoms with Crippen LogP contribution in [0.1, 0.15) is 20.7 Å². The molecule has 19 heavy (non-hydrogen) atoms. The minimum atomic E-state index is -1.13. The minimum Gasteiger partial charge on any atom is -0.504 e. The van der Waals surface area contributed by atoms with E-state index in [1.54, 1.807) is 12.1 Å². The third kappa shape index (κ3) is 2.90. The summed E-state index contributed by atoms with van der Waals surface area (Å²) in [5.74, 6) is -2.00. The topological polar surface area (TPSA) is 83.8 Å². The Morgan fingerprint density at radius 3 is 2.32 bits per heavy atom. The summed E-state index contributed by atoms with van der Waals surface area (Å²) in [6.07, 6.45) is 0. The molecule has 0 saturated carbocycles. The number of esters is 1. The second kappa shape index (κ2) is 5.22. The number of ether oxygens (including phenoxy) is 1. The molecule has 0 unspecified atom stereocenters. The van der Waals surface area contributed by atoms with E-state index < -0.39 is 11.9 Å². The number of carboxylic acid groups (broad SMARTS) is 1. The smallest absolute Gasteiger partial charge is 0.343 e. The molecule has 0 aromatic heterocycles. The van der Waals surface area contributed by atoms with E-state index in [1.165, 1.54) is 36.4 Å². The van der Waals surface area contributed by atoms with Crippen LogP contribution >= 0.6 is 0 Å². The van der Waals surface area contributed by atoms with Gasteiger partial charge in [-0.25, -0.2) is 9.59 Å². The SMILES string of the molecule is O=C(O)c1cccc(C(=O)Oc2ccccc2O)c1. The van der Waals surface area contributed by atoms with Crippen LogP contribution < -0.4 is 4.74 Å². The monoisotopic (exact) mass is 258 g/mol. The molecule has 0 aliphatic heterocycles. The van der Waals surface area contributed by atoms with Gasteiger partial charge in [-0.3, -0.25) is 0 Å². The first-order valence-corrected chi connectivity index (χ1v) is 5.41. The number of para-hydroxylation sites is 2. The van der Waals surface area contributed by atoms with Gasteiger partial charge < -0.3 is 14.9 Å². The van der Waals surface area contributed by atoms with E-state index in [1.807, 2.05) is 0 Å². The number of aromatic carboxylic acids is 1. The van der Waals surface area contributed by atoms with Crippen LogP contribution in [0.2, 0.25) is 0 Å². The Hall–Kier alpha value is -2.82. The average molecular weight is 258 g/mol. The lowest BCUT2D eigenvalue weighted by Crippen LogP contribution is -2.09. The van der Waals surface area contributed by atoms with Crippen LogP contribution in [-0.4, -0.2) is 22.2 Å². The van der Waals surface area contributed by atoms with E-state index in [4.69, 9.17) is 9.84 Å². The molecule has 2 aromatic carbocycles. The van der Waals surface area contributed by atoms with Gasteiger partial charge in [0.05, 0.1) is 11.1 Å². The number of phenolic OH excluding ortho intramolecular Hbond substituents is 1. The molecule has 0 aliphatic rings. The Labute approximate surface area is 108 Å². The predicted molar refractivity (Wildman–Crippen MR) is 66.5 cm³/mol. The van der Waals surface area contributed by atoms with Crippen LogP contribution in [0.25, 0.3) is 0 Å². The number of carboxylic acids is 1. The van der Waals surface area contributed by atoms with Gasteiger partial charge in [0.2, 0.25) is 0 Å². The van der Waals surface area contributed by atoms with Crippen molar-refractivity contribution < 1.29 is 24.5 Å². The molecule has 0 spiro atoms. The average Bonchev–Trinajstić information content (AvgIpc) is 2.41. The number of carbonyl (C=O) groups excluding carboxylic acids is 1. The molecule has 0 amide bonds. The molecule has 96 valence electrons. The van der Waals surface area contributed by atoms with Crippen molar-refractivity contribution in [1.29, 1.82) is 0 Å². The highest BCUT2D eigenvalue weighted by molar-refractivity contribution is 5.95. The van der Waals surface area contributed by atoms with Crippen LogP contribution in [0.15, 0.2) is 48.5 Å². The second-order valence-corrected chi connectivity index (χ2v) is 3.74.